The Balaban J connectivity index is 2.06. The van der Waals surface area contributed by atoms with Gasteiger partial charge in [0, 0.05) is 6.54 Å². The van der Waals surface area contributed by atoms with Crippen molar-refractivity contribution < 1.29 is 9.47 Å². The lowest BCUT2D eigenvalue weighted by Gasteiger charge is -2.11. The second-order valence-corrected chi connectivity index (χ2v) is 3.51. The summed E-state index contributed by atoms with van der Waals surface area (Å²) in [7, 11) is 1.62. The van der Waals surface area contributed by atoms with E-state index < -0.39 is 0 Å². The molecule has 0 bridgehead atoms. The monoisotopic (exact) mass is 249 g/mol. The third-order valence-corrected chi connectivity index (χ3v) is 2.32. The van der Waals surface area contributed by atoms with Crippen LogP contribution in [0.4, 0.5) is 5.95 Å². The minimum absolute atomic E-state index is 0.462. The first-order chi connectivity index (χ1) is 8.83. The van der Waals surface area contributed by atoms with Crippen LogP contribution in [0.5, 0.6) is 11.5 Å². The zero-order chi connectivity index (χ0) is 12.8. The fraction of sp³-hybridized carbons (Fsp3) is 0.364. The molecule has 96 valence electrons. The minimum atomic E-state index is 0.462. The third-order valence-electron chi connectivity index (χ3n) is 2.32. The summed E-state index contributed by atoms with van der Waals surface area (Å²) in [6.45, 7) is 3.12. The zero-order valence-corrected chi connectivity index (χ0v) is 10.3. The molecule has 0 unspecified atom stereocenters. The van der Waals surface area contributed by atoms with Crippen LogP contribution in [0.25, 0.3) is 0 Å². The van der Waals surface area contributed by atoms with Crippen LogP contribution in [0.15, 0.2) is 18.2 Å². The molecule has 7 nitrogen and oxygen atoms in total. The summed E-state index contributed by atoms with van der Waals surface area (Å²) < 4.78 is 10.7. The van der Waals surface area contributed by atoms with E-state index in [2.05, 4.69) is 25.9 Å². The van der Waals surface area contributed by atoms with Gasteiger partial charge in [-0.05, 0) is 29.8 Å². The number of ether oxygens (including phenoxy) is 2. The van der Waals surface area contributed by atoms with Crippen LogP contribution < -0.4 is 14.8 Å². The summed E-state index contributed by atoms with van der Waals surface area (Å²) in [6, 6.07) is 5.75. The first-order valence-electron chi connectivity index (χ1n) is 5.60. The van der Waals surface area contributed by atoms with Crippen LogP contribution in [0.1, 0.15) is 12.5 Å². The molecule has 1 aromatic carbocycles. The number of nitrogens with zero attached hydrogens (tertiary/aromatic N) is 3. The van der Waals surface area contributed by atoms with E-state index in [4.69, 9.17) is 9.47 Å². The van der Waals surface area contributed by atoms with Crippen LogP contribution >= 0.6 is 0 Å². The number of methoxy groups -OCH3 is 1. The van der Waals surface area contributed by atoms with Crippen LogP contribution in [0.3, 0.4) is 0 Å². The summed E-state index contributed by atoms with van der Waals surface area (Å²) in [5.74, 6) is 1.91. The summed E-state index contributed by atoms with van der Waals surface area (Å²) in [6.07, 6.45) is 0. The quantitative estimate of drug-likeness (QED) is 0.800. The highest BCUT2D eigenvalue weighted by atomic mass is 16.5. The molecule has 0 fully saturated rings. The van der Waals surface area contributed by atoms with Crippen LogP contribution in [-0.4, -0.2) is 34.3 Å². The Morgan fingerprint density at radius 3 is 2.89 bits per heavy atom. The predicted molar refractivity (Wildman–Crippen MR) is 65.7 cm³/mol. The number of tetrazole rings is 1. The van der Waals surface area contributed by atoms with E-state index in [1.807, 2.05) is 25.1 Å². The Morgan fingerprint density at radius 2 is 2.22 bits per heavy atom. The van der Waals surface area contributed by atoms with Crippen molar-refractivity contribution in [3.8, 4) is 11.5 Å². The van der Waals surface area contributed by atoms with E-state index in [9.17, 15) is 0 Å². The smallest absolute Gasteiger partial charge is 0.263 e. The highest BCUT2D eigenvalue weighted by Crippen LogP contribution is 2.28. The van der Waals surface area contributed by atoms with Gasteiger partial charge >= 0.3 is 0 Å². The fourth-order valence-corrected chi connectivity index (χ4v) is 1.52. The molecule has 0 saturated heterocycles. The largest absolute Gasteiger partial charge is 0.493 e. The van der Waals surface area contributed by atoms with Gasteiger partial charge in [0.15, 0.2) is 11.5 Å². The lowest BCUT2D eigenvalue weighted by molar-refractivity contribution is 0.310. The number of H-pyrrole nitrogens is 1. The van der Waals surface area contributed by atoms with E-state index >= 15 is 0 Å². The SMILES string of the molecule is CCOc1cc(CNc2nn[nH]n2)ccc1OC. The Hall–Kier alpha value is -2.31. The van der Waals surface area contributed by atoms with Gasteiger partial charge in [-0.25, -0.2) is 0 Å². The van der Waals surface area contributed by atoms with Gasteiger partial charge in [0.25, 0.3) is 5.95 Å². The maximum atomic E-state index is 5.50. The molecular weight excluding hydrogens is 234 g/mol. The zero-order valence-electron chi connectivity index (χ0n) is 10.3. The average Bonchev–Trinajstić information content (AvgIpc) is 2.90. The van der Waals surface area contributed by atoms with Crippen molar-refractivity contribution in [1.82, 2.24) is 20.6 Å². The van der Waals surface area contributed by atoms with Gasteiger partial charge in [-0.3, -0.25) is 0 Å². The van der Waals surface area contributed by atoms with Gasteiger partial charge in [0.05, 0.1) is 13.7 Å². The number of rotatable bonds is 6. The minimum Gasteiger partial charge on any atom is -0.493 e. The molecule has 0 aliphatic heterocycles. The normalized spacial score (nSPS) is 10.1. The van der Waals surface area contributed by atoms with Crippen molar-refractivity contribution in [3.63, 3.8) is 0 Å². The van der Waals surface area contributed by atoms with Gasteiger partial charge in [-0.2, -0.15) is 5.21 Å². The molecular formula is C11H15N5O2. The molecule has 7 heteroatoms. The highest BCUT2D eigenvalue weighted by Gasteiger charge is 2.05. The van der Waals surface area contributed by atoms with E-state index in [1.165, 1.54) is 0 Å². The van der Waals surface area contributed by atoms with Gasteiger partial charge < -0.3 is 14.8 Å². The molecule has 2 rings (SSSR count). The topological polar surface area (TPSA) is 85.0 Å². The molecule has 0 saturated carbocycles. The van der Waals surface area contributed by atoms with Crippen molar-refractivity contribution in [2.45, 2.75) is 13.5 Å². The molecule has 2 N–H and O–H groups in total. The number of aromatic nitrogens is 4. The van der Waals surface area contributed by atoms with E-state index in [0.29, 0.717) is 19.1 Å². The molecule has 0 atom stereocenters. The summed E-state index contributed by atoms with van der Waals surface area (Å²) in [5, 5.41) is 16.5. The van der Waals surface area contributed by atoms with Crippen LogP contribution in [0, 0.1) is 0 Å². The molecule has 18 heavy (non-hydrogen) atoms. The Kier molecular flexibility index (Phi) is 3.95. The van der Waals surface area contributed by atoms with Crippen molar-refractivity contribution in [3.05, 3.63) is 23.8 Å². The van der Waals surface area contributed by atoms with Gasteiger partial charge in [-0.15, -0.1) is 5.10 Å². The highest BCUT2D eigenvalue weighted by molar-refractivity contribution is 5.43. The Bertz CT molecular complexity index is 486. The number of anilines is 1. The van der Waals surface area contributed by atoms with E-state index in [-0.39, 0.29) is 0 Å². The first kappa shape index (κ1) is 12.2. The Labute approximate surface area is 104 Å². The number of hydrogen-bond donors (Lipinski definition) is 2. The second-order valence-electron chi connectivity index (χ2n) is 3.51. The predicted octanol–water partition coefficient (Wildman–Crippen LogP) is 1.22. The number of benzene rings is 1. The lowest BCUT2D eigenvalue weighted by Crippen LogP contribution is -2.02. The van der Waals surface area contributed by atoms with Crippen molar-refractivity contribution in [2.24, 2.45) is 0 Å². The number of aromatic amines is 1. The molecule has 0 spiro atoms. The summed E-state index contributed by atoms with van der Waals surface area (Å²) in [4.78, 5) is 0. The van der Waals surface area contributed by atoms with Crippen LogP contribution in [0.2, 0.25) is 0 Å². The van der Waals surface area contributed by atoms with Gasteiger partial charge in [-0.1, -0.05) is 11.2 Å². The third kappa shape index (κ3) is 2.88. The molecule has 2 aromatic rings. The number of hydrogen-bond acceptors (Lipinski definition) is 6. The number of nitrogens with one attached hydrogen (secondary N) is 2. The van der Waals surface area contributed by atoms with Crippen molar-refractivity contribution in [2.75, 3.05) is 19.0 Å². The molecule has 1 aromatic heterocycles. The molecule has 0 aliphatic rings. The van der Waals surface area contributed by atoms with Crippen molar-refractivity contribution in [1.29, 1.82) is 0 Å². The average molecular weight is 249 g/mol. The van der Waals surface area contributed by atoms with E-state index in [1.54, 1.807) is 7.11 Å². The summed E-state index contributed by atoms with van der Waals surface area (Å²) >= 11 is 0. The van der Waals surface area contributed by atoms with Gasteiger partial charge in [0.2, 0.25) is 0 Å². The Morgan fingerprint density at radius 1 is 1.33 bits per heavy atom. The molecule has 0 amide bonds. The standard InChI is InChI=1S/C11H15N5O2/c1-3-18-10-6-8(4-5-9(10)17-2)7-12-11-13-15-16-14-11/h4-6H,3,7H2,1-2H3,(H2,12,13,14,15,16). The fourth-order valence-electron chi connectivity index (χ4n) is 1.52. The second kappa shape index (κ2) is 5.85. The molecule has 0 aliphatic carbocycles. The maximum absolute atomic E-state index is 5.50. The summed E-state index contributed by atoms with van der Waals surface area (Å²) in [5.41, 5.74) is 1.05. The van der Waals surface area contributed by atoms with Gasteiger partial charge in [0.1, 0.15) is 0 Å². The molecule has 0 radical (unpaired) electrons. The maximum Gasteiger partial charge on any atom is 0.263 e. The lowest BCUT2D eigenvalue weighted by atomic mass is 10.2. The van der Waals surface area contributed by atoms with Crippen LogP contribution in [-0.2, 0) is 6.54 Å². The van der Waals surface area contributed by atoms with E-state index in [0.717, 1.165) is 17.1 Å². The first-order valence-corrected chi connectivity index (χ1v) is 5.60. The van der Waals surface area contributed by atoms with Crippen molar-refractivity contribution >= 4 is 5.95 Å². The molecule has 1 heterocycles.